The lowest BCUT2D eigenvalue weighted by atomic mass is 9.83. The molecule has 0 aliphatic heterocycles. The third kappa shape index (κ3) is 3.10. The minimum Gasteiger partial charge on any atom is -0.310 e. The summed E-state index contributed by atoms with van der Waals surface area (Å²) in [6.45, 7) is 0. The summed E-state index contributed by atoms with van der Waals surface area (Å²) in [5.41, 5.74) is 5.16. The maximum atomic E-state index is 2.39. The van der Waals surface area contributed by atoms with Gasteiger partial charge < -0.3 is 4.90 Å². The van der Waals surface area contributed by atoms with Crippen LogP contribution in [-0.4, -0.2) is 0 Å². The molecule has 2 fully saturated rings. The molecule has 2 bridgehead atoms. The molecule has 3 atom stereocenters. The number of para-hydroxylation sites is 1. The Balaban J connectivity index is 1.40. The lowest BCUT2D eigenvalue weighted by molar-refractivity contribution is 0.420. The Morgan fingerprint density at radius 3 is 2.00 bits per heavy atom. The van der Waals surface area contributed by atoms with Gasteiger partial charge in [-0.1, -0.05) is 67.1 Å². The van der Waals surface area contributed by atoms with Gasteiger partial charge >= 0.3 is 0 Å². The standard InChI is InChI=1S/C29H27N/c1-2-8-26(9-3-1)30(28-17-12-22-6-4-5-7-24(22)20-28)27-15-13-23(14-16-27)29-19-21-10-11-25(29)18-21/h1-9,12-17,20-21,25,29H,10-11,18-19H2. The van der Waals surface area contributed by atoms with Gasteiger partial charge in [0.15, 0.2) is 0 Å². The van der Waals surface area contributed by atoms with E-state index in [0.29, 0.717) is 0 Å². The highest BCUT2D eigenvalue weighted by molar-refractivity contribution is 5.89. The van der Waals surface area contributed by atoms with Gasteiger partial charge in [-0.05, 0) is 89.8 Å². The Morgan fingerprint density at radius 2 is 1.27 bits per heavy atom. The molecule has 4 aromatic rings. The van der Waals surface area contributed by atoms with E-state index < -0.39 is 0 Å². The van der Waals surface area contributed by atoms with E-state index in [0.717, 1.165) is 17.8 Å². The van der Waals surface area contributed by atoms with Gasteiger partial charge in [0, 0.05) is 17.1 Å². The summed E-state index contributed by atoms with van der Waals surface area (Å²) in [6.07, 6.45) is 5.75. The Bertz CT molecular complexity index is 1160. The van der Waals surface area contributed by atoms with Gasteiger partial charge in [-0.15, -0.1) is 0 Å². The fraction of sp³-hybridized carbons (Fsp3) is 0.241. The maximum absolute atomic E-state index is 2.39. The molecule has 0 N–H and O–H groups in total. The predicted molar refractivity (Wildman–Crippen MR) is 127 cm³/mol. The van der Waals surface area contributed by atoms with E-state index in [1.165, 1.54) is 59.1 Å². The van der Waals surface area contributed by atoms with Crippen molar-refractivity contribution in [3.05, 3.63) is 103 Å². The zero-order valence-electron chi connectivity index (χ0n) is 17.2. The highest BCUT2D eigenvalue weighted by Crippen LogP contribution is 2.53. The third-order valence-corrected chi connectivity index (χ3v) is 7.32. The summed E-state index contributed by atoms with van der Waals surface area (Å²) in [6, 6.07) is 35.5. The van der Waals surface area contributed by atoms with Gasteiger partial charge in [-0.3, -0.25) is 0 Å². The van der Waals surface area contributed by atoms with Crippen molar-refractivity contribution in [1.82, 2.24) is 0 Å². The first-order chi connectivity index (χ1) is 14.8. The predicted octanol–water partition coefficient (Wildman–Crippen LogP) is 8.21. The smallest absolute Gasteiger partial charge is 0.0468 e. The number of nitrogens with zero attached hydrogens (tertiary/aromatic N) is 1. The lowest BCUT2D eigenvalue weighted by Gasteiger charge is -2.27. The number of anilines is 3. The van der Waals surface area contributed by atoms with Crippen LogP contribution in [0, 0.1) is 11.8 Å². The Hall–Kier alpha value is -3.06. The Morgan fingerprint density at radius 1 is 0.567 bits per heavy atom. The molecule has 30 heavy (non-hydrogen) atoms. The van der Waals surface area contributed by atoms with Crippen molar-refractivity contribution in [3.63, 3.8) is 0 Å². The molecule has 0 heterocycles. The average molecular weight is 390 g/mol. The first-order valence-corrected chi connectivity index (χ1v) is 11.3. The second-order valence-electron chi connectivity index (χ2n) is 9.08. The molecule has 6 rings (SSSR count). The normalized spacial score (nSPS) is 22.5. The largest absolute Gasteiger partial charge is 0.310 e. The fourth-order valence-corrected chi connectivity index (χ4v) is 5.86. The van der Waals surface area contributed by atoms with Gasteiger partial charge in [0.05, 0.1) is 0 Å². The Labute approximate surface area is 179 Å². The third-order valence-electron chi connectivity index (χ3n) is 7.32. The molecule has 3 unspecified atom stereocenters. The number of hydrogen-bond donors (Lipinski definition) is 0. The van der Waals surface area contributed by atoms with E-state index in [9.17, 15) is 0 Å². The summed E-state index contributed by atoms with van der Waals surface area (Å²) in [5.74, 6) is 2.69. The molecule has 2 aliphatic rings. The number of hydrogen-bond acceptors (Lipinski definition) is 1. The topological polar surface area (TPSA) is 3.24 Å². The van der Waals surface area contributed by atoms with E-state index in [1.54, 1.807) is 0 Å². The van der Waals surface area contributed by atoms with Crippen LogP contribution >= 0.6 is 0 Å². The van der Waals surface area contributed by atoms with Crippen molar-refractivity contribution >= 4 is 27.8 Å². The molecular formula is C29H27N. The van der Waals surface area contributed by atoms with Gasteiger partial charge in [-0.2, -0.15) is 0 Å². The maximum Gasteiger partial charge on any atom is 0.0468 e. The summed E-state index contributed by atoms with van der Waals surface area (Å²) >= 11 is 0. The monoisotopic (exact) mass is 389 g/mol. The van der Waals surface area contributed by atoms with E-state index >= 15 is 0 Å². The van der Waals surface area contributed by atoms with Crippen LogP contribution in [0.1, 0.15) is 37.2 Å². The first-order valence-electron chi connectivity index (χ1n) is 11.3. The van der Waals surface area contributed by atoms with Crippen molar-refractivity contribution in [2.24, 2.45) is 11.8 Å². The molecule has 0 saturated heterocycles. The van der Waals surface area contributed by atoms with Crippen LogP contribution in [0.2, 0.25) is 0 Å². The Kier molecular flexibility index (Phi) is 4.34. The molecule has 0 radical (unpaired) electrons. The van der Waals surface area contributed by atoms with Crippen LogP contribution in [0.15, 0.2) is 97.1 Å². The number of rotatable bonds is 4. The van der Waals surface area contributed by atoms with E-state index in [2.05, 4.69) is 102 Å². The van der Waals surface area contributed by atoms with E-state index in [4.69, 9.17) is 0 Å². The molecule has 1 heteroatoms. The van der Waals surface area contributed by atoms with Crippen molar-refractivity contribution in [2.75, 3.05) is 4.90 Å². The second kappa shape index (κ2) is 7.32. The molecule has 0 spiro atoms. The van der Waals surface area contributed by atoms with Crippen molar-refractivity contribution in [3.8, 4) is 0 Å². The molecule has 0 aromatic heterocycles. The molecule has 148 valence electrons. The average Bonchev–Trinajstić information content (AvgIpc) is 3.44. The van der Waals surface area contributed by atoms with E-state index in [1.807, 2.05) is 0 Å². The lowest BCUT2D eigenvalue weighted by Crippen LogP contribution is -2.11. The number of benzene rings is 4. The highest BCUT2D eigenvalue weighted by atomic mass is 15.1. The first kappa shape index (κ1) is 17.8. The summed E-state index contributed by atoms with van der Waals surface area (Å²) in [7, 11) is 0. The summed E-state index contributed by atoms with van der Waals surface area (Å²) < 4.78 is 0. The zero-order chi connectivity index (χ0) is 19.9. The summed E-state index contributed by atoms with van der Waals surface area (Å²) in [5, 5.41) is 2.55. The van der Waals surface area contributed by atoms with Gasteiger partial charge in [0.25, 0.3) is 0 Å². The quantitative estimate of drug-likeness (QED) is 0.340. The van der Waals surface area contributed by atoms with Crippen LogP contribution in [-0.2, 0) is 0 Å². The van der Waals surface area contributed by atoms with Crippen LogP contribution in [0.4, 0.5) is 17.1 Å². The van der Waals surface area contributed by atoms with Crippen molar-refractivity contribution in [1.29, 1.82) is 0 Å². The van der Waals surface area contributed by atoms with Crippen molar-refractivity contribution in [2.45, 2.75) is 31.6 Å². The number of fused-ring (bicyclic) bond motifs is 3. The summed E-state index contributed by atoms with van der Waals surface area (Å²) in [4.78, 5) is 2.37. The highest BCUT2D eigenvalue weighted by Gasteiger charge is 2.40. The van der Waals surface area contributed by atoms with Crippen LogP contribution in [0.5, 0.6) is 0 Å². The minimum atomic E-state index is 0.781. The van der Waals surface area contributed by atoms with Gasteiger partial charge in [0.2, 0.25) is 0 Å². The minimum absolute atomic E-state index is 0.781. The molecular weight excluding hydrogens is 362 g/mol. The molecule has 1 nitrogen and oxygen atoms in total. The molecule has 4 aromatic carbocycles. The van der Waals surface area contributed by atoms with Crippen LogP contribution in [0.3, 0.4) is 0 Å². The van der Waals surface area contributed by atoms with Gasteiger partial charge in [0.1, 0.15) is 0 Å². The molecule has 0 amide bonds. The zero-order valence-corrected chi connectivity index (χ0v) is 17.2. The van der Waals surface area contributed by atoms with E-state index in [-0.39, 0.29) is 0 Å². The SMILES string of the molecule is c1ccc(N(c2ccc(C3CC4CCC3C4)cc2)c2ccc3ccccc3c2)cc1. The fourth-order valence-electron chi connectivity index (χ4n) is 5.86. The van der Waals surface area contributed by atoms with Gasteiger partial charge in [-0.25, -0.2) is 0 Å². The molecule has 2 aliphatic carbocycles. The second-order valence-corrected chi connectivity index (χ2v) is 9.08. The van der Waals surface area contributed by atoms with Crippen LogP contribution in [0.25, 0.3) is 10.8 Å². The molecule has 2 saturated carbocycles. The van der Waals surface area contributed by atoms with Crippen LogP contribution < -0.4 is 4.90 Å². The van der Waals surface area contributed by atoms with Crippen molar-refractivity contribution < 1.29 is 0 Å².